The standard InChI is InChI=1S/C7H12N2O/c1-3-10-6-9-5-7(2)4-8-9/h4-5H,3,6H2,1-2H3. The Morgan fingerprint density at radius 1 is 1.70 bits per heavy atom. The average Bonchev–Trinajstić information content (AvgIpc) is 2.31. The monoisotopic (exact) mass is 140 g/mol. The van der Waals surface area contributed by atoms with Crippen LogP contribution >= 0.6 is 0 Å². The number of rotatable bonds is 3. The van der Waals surface area contributed by atoms with Gasteiger partial charge < -0.3 is 4.74 Å². The highest BCUT2D eigenvalue weighted by Crippen LogP contribution is 1.93. The van der Waals surface area contributed by atoms with E-state index < -0.39 is 0 Å². The normalized spacial score (nSPS) is 10.2. The fraction of sp³-hybridized carbons (Fsp3) is 0.571. The van der Waals surface area contributed by atoms with Crippen LogP contribution in [0.5, 0.6) is 0 Å². The molecule has 0 unspecified atom stereocenters. The molecule has 0 aromatic carbocycles. The zero-order valence-electron chi connectivity index (χ0n) is 6.37. The van der Waals surface area contributed by atoms with Gasteiger partial charge in [-0.2, -0.15) is 5.10 Å². The topological polar surface area (TPSA) is 27.1 Å². The third-order valence-corrected chi connectivity index (χ3v) is 1.19. The van der Waals surface area contributed by atoms with Crippen molar-refractivity contribution < 1.29 is 4.74 Å². The van der Waals surface area contributed by atoms with Crippen LogP contribution in [0, 0.1) is 6.92 Å². The van der Waals surface area contributed by atoms with Gasteiger partial charge in [0.05, 0.1) is 6.20 Å². The largest absolute Gasteiger partial charge is 0.360 e. The second-order valence-electron chi connectivity index (χ2n) is 2.18. The van der Waals surface area contributed by atoms with Crippen LogP contribution in [0.1, 0.15) is 12.5 Å². The molecule has 1 rings (SSSR count). The minimum Gasteiger partial charge on any atom is -0.360 e. The van der Waals surface area contributed by atoms with Crippen LogP contribution in [0.25, 0.3) is 0 Å². The van der Waals surface area contributed by atoms with Gasteiger partial charge in [-0.05, 0) is 19.4 Å². The van der Waals surface area contributed by atoms with Crippen LogP contribution in [0.15, 0.2) is 12.4 Å². The van der Waals surface area contributed by atoms with Gasteiger partial charge in [0.15, 0.2) is 0 Å². The number of hydrogen-bond acceptors (Lipinski definition) is 2. The smallest absolute Gasteiger partial charge is 0.139 e. The minimum atomic E-state index is 0.560. The highest BCUT2D eigenvalue weighted by Gasteiger charge is 1.90. The van der Waals surface area contributed by atoms with Gasteiger partial charge in [-0.3, -0.25) is 0 Å². The lowest BCUT2D eigenvalue weighted by Gasteiger charge is -1.98. The minimum absolute atomic E-state index is 0.560. The highest BCUT2D eigenvalue weighted by atomic mass is 16.5. The van der Waals surface area contributed by atoms with Crippen LogP contribution in [0.3, 0.4) is 0 Å². The van der Waals surface area contributed by atoms with Gasteiger partial charge in [0.25, 0.3) is 0 Å². The molecule has 0 radical (unpaired) electrons. The summed E-state index contributed by atoms with van der Waals surface area (Å²) in [6.07, 6.45) is 3.77. The van der Waals surface area contributed by atoms with E-state index in [0.29, 0.717) is 6.73 Å². The molecular formula is C7H12N2O. The molecule has 0 spiro atoms. The zero-order chi connectivity index (χ0) is 7.40. The van der Waals surface area contributed by atoms with Crippen LogP contribution in [0.4, 0.5) is 0 Å². The molecule has 0 bridgehead atoms. The zero-order valence-corrected chi connectivity index (χ0v) is 6.37. The first-order valence-corrected chi connectivity index (χ1v) is 3.39. The summed E-state index contributed by atoms with van der Waals surface area (Å²) in [5.74, 6) is 0. The van der Waals surface area contributed by atoms with Crippen molar-refractivity contribution in [2.24, 2.45) is 0 Å². The molecule has 1 aromatic rings. The fourth-order valence-electron chi connectivity index (χ4n) is 0.722. The summed E-state index contributed by atoms with van der Waals surface area (Å²) in [6, 6.07) is 0. The average molecular weight is 140 g/mol. The Hall–Kier alpha value is -0.830. The molecule has 0 saturated carbocycles. The fourth-order valence-corrected chi connectivity index (χ4v) is 0.722. The third kappa shape index (κ3) is 1.84. The van der Waals surface area contributed by atoms with Crippen LogP contribution in [-0.4, -0.2) is 16.4 Å². The van der Waals surface area contributed by atoms with Gasteiger partial charge in [0, 0.05) is 12.8 Å². The molecule has 1 heterocycles. The van der Waals surface area contributed by atoms with Crippen molar-refractivity contribution >= 4 is 0 Å². The maximum Gasteiger partial charge on any atom is 0.139 e. The first-order valence-electron chi connectivity index (χ1n) is 3.39. The molecule has 0 atom stereocenters. The number of aryl methyl sites for hydroxylation is 1. The van der Waals surface area contributed by atoms with Gasteiger partial charge in [-0.1, -0.05) is 0 Å². The Morgan fingerprint density at radius 3 is 3.00 bits per heavy atom. The van der Waals surface area contributed by atoms with E-state index >= 15 is 0 Å². The molecule has 0 aliphatic rings. The summed E-state index contributed by atoms with van der Waals surface area (Å²) in [5.41, 5.74) is 1.17. The first kappa shape index (κ1) is 7.28. The van der Waals surface area contributed by atoms with E-state index in [2.05, 4.69) is 5.10 Å². The highest BCUT2D eigenvalue weighted by molar-refractivity contribution is 4.98. The van der Waals surface area contributed by atoms with E-state index in [1.807, 2.05) is 26.2 Å². The predicted octanol–water partition coefficient (Wildman–Crippen LogP) is 1.19. The SMILES string of the molecule is CCOCn1cc(C)cn1. The Balaban J connectivity index is 2.42. The summed E-state index contributed by atoms with van der Waals surface area (Å²) in [7, 11) is 0. The number of nitrogens with zero attached hydrogens (tertiary/aromatic N) is 2. The van der Waals surface area contributed by atoms with Crippen LogP contribution in [0.2, 0.25) is 0 Å². The maximum absolute atomic E-state index is 5.13. The summed E-state index contributed by atoms with van der Waals surface area (Å²) in [5, 5.41) is 4.04. The van der Waals surface area contributed by atoms with E-state index in [1.54, 1.807) is 4.68 Å². The van der Waals surface area contributed by atoms with Gasteiger partial charge in [-0.15, -0.1) is 0 Å². The molecule has 0 aliphatic carbocycles. The molecule has 0 fully saturated rings. The number of ether oxygens (including phenoxy) is 1. The van der Waals surface area contributed by atoms with Gasteiger partial charge in [0.1, 0.15) is 6.73 Å². The molecule has 0 saturated heterocycles. The van der Waals surface area contributed by atoms with Crippen molar-refractivity contribution in [1.82, 2.24) is 9.78 Å². The summed E-state index contributed by atoms with van der Waals surface area (Å²) >= 11 is 0. The van der Waals surface area contributed by atoms with E-state index in [-0.39, 0.29) is 0 Å². The Bertz CT molecular complexity index is 195. The molecule has 3 heteroatoms. The van der Waals surface area contributed by atoms with Crippen molar-refractivity contribution in [3.8, 4) is 0 Å². The number of aromatic nitrogens is 2. The number of hydrogen-bond donors (Lipinski definition) is 0. The molecule has 0 amide bonds. The second-order valence-corrected chi connectivity index (χ2v) is 2.18. The molecular weight excluding hydrogens is 128 g/mol. The van der Waals surface area contributed by atoms with E-state index in [0.717, 1.165) is 6.61 Å². The van der Waals surface area contributed by atoms with Crippen molar-refractivity contribution in [3.63, 3.8) is 0 Å². The van der Waals surface area contributed by atoms with Crippen molar-refractivity contribution in [2.75, 3.05) is 6.61 Å². The van der Waals surface area contributed by atoms with Gasteiger partial charge in [0.2, 0.25) is 0 Å². The molecule has 1 aromatic heterocycles. The van der Waals surface area contributed by atoms with E-state index in [1.165, 1.54) is 5.56 Å². The lowest BCUT2D eigenvalue weighted by molar-refractivity contribution is 0.0791. The molecule has 56 valence electrons. The lowest BCUT2D eigenvalue weighted by atomic mass is 10.4. The quantitative estimate of drug-likeness (QED) is 0.630. The van der Waals surface area contributed by atoms with Crippen molar-refractivity contribution in [3.05, 3.63) is 18.0 Å². The Kier molecular flexibility index (Phi) is 2.45. The summed E-state index contributed by atoms with van der Waals surface area (Å²) in [6.45, 7) is 5.27. The van der Waals surface area contributed by atoms with E-state index in [9.17, 15) is 0 Å². The predicted molar refractivity (Wildman–Crippen MR) is 38.6 cm³/mol. The van der Waals surface area contributed by atoms with E-state index in [4.69, 9.17) is 4.74 Å². The molecule has 0 aliphatic heterocycles. The summed E-state index contributed by atoms with van der Waals surface area (Å²) < 4.78 is 6.91. The van der Waals surface area contributed by atoms with Gasteiger partial charge >= 0.3 is 0 Å². The van der Waals surface area contributed by atoms with Crippen molar-refractivity contribution in [2.45, 2.75) is 20.6 Å². The first-order chi connectivity index (χ1) is 4.83. The van der Waals surface area contributed by atoms with Gasteiger partial charge in [-0.25, -0.2) is 4.68 Å². The van der Waals surface area contributed by atoms with Crippen LogP contribution < -0.4 is 0 Å². The summed E-state index contributed by atoms with van der Waals surface area (Å²) in [4.78, 5) is 0. The lowest BCUT2D eigenvalue weighted by Crippen LogP contribution is -2.01. The second kappa shape index (κ2) is 3.37. The maximum atomic E-state index is 5.13. The molecule has 3 nitrogen and oxygen atoms in total. The third-order valence-electron chi connectivity index (χ3n) is 1.19. The van der Waals surface area contributed by atoms with Crippen LogP contribution in [-0.2, 0) is 11.5 Å². The molecule has 0 N–H and O–H groups in total. The molecule has 10 heavy (non-hydrogen) atoms. The Morgan fingerprint density at radius 2 is 2.50 bits per heavy atom. The Labute approximate surface area is 60.6 Å². The van der Waals surface area contributed by atoms with Crippen molar-refractivity contribution in [1.29, 1.82) is 0 Å².